The second-order valence-corrected chi connectivity index (χ2v) is 4.18. The van der Waals surface area contributed by atoms with E-state index in [1.54, 1.807) is 29.2 Å². The number of anilines is 1. The molecule has 5 nitrogen and oxygen atoms in total. The van der Waals surface area contributed by atoms with Crippen LogP contribution < -0.4 is 4.31 Å². The maximum Gasteiger partial charge on any atom is 0.340 e. The van der Waals surface area contributed by atoms with Gasteiger partial charge in [-0.3, -0.25) is 0 Å². The summed E-state index contributed by atoms with van der Waals surface area (Å²) in [6.07, 6.45) is 0. The lowest BCUT2D eigenvalue weighted by molar-refractivity contribution is 0.0602. The average Bonchev–Trinajstić information content (AvgIpc) is 2.46. The van der Waals surface area contributed by atoms with Crippen molar-refractivity contribution in [1.29, 1.82) is 0 Å². The summed E-state index contributed by atoms with van der Waals surface area (Å²) in [6, 6.07) is 6.42. The van der Waals surface area contributed by atoms with Crippen LogP contribution in [0.1, 0.15) is 24.2 Å². The second-order valence-electron chi connectivity index (χ2n) is 3.78. The molecule has 0 bridgehead atoms. The number of amides is 2. The van der Waals surface area contributed by atoms with Gasteiger partial charge in [-0.15, -0.1) is 0 Å². The van der Waals surface area contributed by atoms with Crippen LogP contribution >= 0.6 is 12.8 Å². The molecule has 6 heteroatoms. The van der Waals surface area contributed by atoms with E-state index < -0.39 is 5.97 Å². The molecule has 0 radical (unpaired) electrons. The van der Waals surface area contributed by atoms with Crippen LogP contribution in [0.2, 0.25) is 0 Å². The van der Waals surface area contributed by atoms with Gasteiger partial charge in [-0.2, -0.15) is 0 Å². The quantitative estimate of drug-likeness (QED) is 0.682. The molecule has 0 aliphatic rings. The van der Waals surface area contributed by atoms with Crippen molar-refractivity contribution in [2.75, 3.05) is 24.5 Å². The Balaban J connectivity index is 3.09. The van der Waals surface area contributed by atoms with Gasteiger partial charge in [0.15, 0.2) is 0 Å². The van der Waals surface area contributed by atoms with E-state index in [-0.39, 0.29) is 6.03 Å². The normalized spacial score (nSPS) is 9.89. The zero-order chi connectivity index (χ0) is 14.4. The molecule has 0 aliphatic carbocycles. The highest BCUT2D eigenvalue weighted by atomic mass is 32.1. The predicted molar refractivity (Wildman–Crippen MR) is 77.6 cm³/mol. The van der Waals surface area contributed by atoms with Gasteiger partial charge in [0.25, 0.3) is 0 Å². The van der Waals surface area contributed by atoms with Gasteiger partial charge in [0.05, 0.1) is 18.4 Å². The third kappa shape index (κ3) is 3.41. The van der Waals surface area contributed by atoms with Crippen LogP contribution in [0, 0.1) is 0 Å². The number of methoxy groups -OCH3 is 1. The lowest BCUT2D eigenvalue weighted by atomic mass is 10.2. The standard InChI is InChI=1S/C13H18N2O3S/c1-4-14(5-2)13(17)15(19)11-9-7-6-8-10(11)12(16)18-3/h6-9,19H,4-5H2,1-3H3. The second kappa shape index (κ2) is 7.04. The zero-order valence-corrected chi connectivity index (χ0v) is 12.2. The molecule has 0 saturated carbocycles. The largest absolute Gasteiger partial charge is 0.465 e. The van der Waals surface area contributed by atoms with Gasteiger partial charge in [0, 0.05) is 13.1 Å². The minimum Gasteiger partial charge on any atom is -0.465 e. The van der Waals surface area contributed by atoms with Crippen molar-refractivity contribution in [3.05, 3.63) is 29.8 Å². The van der Waals surface area contributed by atoms with Gasteiger partial charge in [-0.05, 0) is 26.0 Å². The highest BCUT2D eigenvalue weighted by Gasteiger charge is 2.22. The number of benzene rings is 1. The molecular weight excluding hydrogens is 264 g/mol. The number of nitrogens with zero attached hydrogens (tertiary/aromatic N) is 2. The predicted octanol–water partition coefficient (Wildman–Crippen LogP) is 2.59. The maximum atomic E-state index is 12.2. The topological polar surface area (TPSA) is 49.9 Å². The molecule has 1 aromatic carbocycles. The van der Waals surface area contributed by atoms with E-state index in [0.29, 0.717) is 24.3 Å². The molecule has 1 aromatic rings. The molecule has 0 spiro atoms. The van der Waals surface area contributed by atoms with Crippen LogP contribution in [0.25, 0.3) is 0 Å². The average molecular weight is 282 g/mol. The highest BCUT2D eigenvalue weighted by Crippen LogP contribution is 2.24. The van der Waals surface area contributed by atoms with E-state index >= 15 is 0 Å². The number of rotatable bonds is 4. The Morgan fingerprint density at radius 3 is 2.32 bits per heavy atom. The van der Waals surface area contributed by atoms with Gasteiger partial charge in [0.1, 0.15) is 0 Å². The summed E-state index contributed by atoms with van der Waals surface area (Å²) >= 11 is 4.20. The highest BCUT2D eigenvalue weighted by molar-refractivity contribution is 7.82. The van der Waals surface area contributed by atoms with E-state index in [2.05, 4.69) is 12.8 Å². The minimum absolute atomic E-state index is 0.273. The number of thiol groups is 1. The number of carbonyl (C=O) groups excluding carboxylic acids is 2. The smallest absolute Gasteiger partial charge is 0.340 e. The van der Waals surface area contributed by atoms with E-state index in [1.807, 2.05) is 13.8 Å². The first-order chi connectivity index (χ1) is 9.06. The number of hydrogen-bond acceptors (Lipinski definition) is 4. The first-order valence-corrected chi connectivity index (χ1v) is 6.42. The molecule has 1 rings (SSSR count). The number of urea groups is 1. The molecule has 2 amide bonds. The molecule has 0 unspecified atom stereocenters. The lowest BCUT2D eigenvalue weighted by Crippen LogP contribution is -2.39. The van der Waals surface area contributed by atoms with Crippen molar-refractivity contribution >= 4 is 30.5 Å². The first-order valence-electron chi connectivity index (χ1n) is 6.02. The summed E-state index contributed by atoms with van der Waals surface area (Å²) in [5.41, 5.74) is 0.718. The van der Waals surface area contributed by atoms with Crippen molar-refractivity contribution in [2.24, 2.45) is 0 Å². The third-order valence-corrected chi connectivity index (χ3v) is 3.14. The summed E-state index contributed by atoms with van der Waals surface area (Å²) in [7, 11) is 1.30. The molecule has 0 fully saturated rings. The molecule has 0 N–H and O–H groups in total. The summed E-state index contributed by atoms with van der Waals surface area (Å²) in [4.78, 5) is 25.5. The number of para-hydroxylation sites is 1. The minimum atomic E-state index is -0.498. The molecule has 0 saturated heterocycles. The van der Waals surface area contributed by atoms with E-state index in [1.165, 1.54) is 11.4 Å². The van der Waals surface area contributed by atoms with Gasteiger partial charge in [0.2, 0.25) is 0 Å². The summed E-state index contributed by atoms with van der Waals surface area (Å²) in [5.74, 6) is -0.498. The van der Waals surface area contributed by atoms with Crippen LogP contribution in [-0.2, 0) is 4.74 Å². The third-order valence-electron chi connectivity index (χ3n) is 2.75. The van der Waals surface area contributed by atoms with Crippen LogP contribution in [0.3, 0.4) is 0 Å². The van der Waals surface area contributed by atoms with E-state index in [4.69, 9.17) is 4.74 Å². The lowest BCUT2D eigenvalue weighted by Gasteiger charge is -2.26. The Labute approximate surface area is 118 Å². The van der Waals surface area contributed by atoms with Crippen molar-refractivity contribution < 1.29 is 14.3 Å². The Morgan fingerprint density at radius 1 is 1.21 bits per heavy atom. The molecule has 19 heavy (non-hydrogen) atoms. The van der Waals surface area contributed by atoms with Gasteiger partial charge >= 0.3 is 12.0 Å². The van der Waals surface area contributed by atoms with Crippen molar-refractivity contribution in [3.8, 4) is 0 Å². The first kappa shape index (κ1) is 15.4. The number of hydrogen-bond donors (Lipinski definition) is 1. The Hall–Kier alpha value is -1.69. The number of ether oxygens (including phenoxy) is 1. The zero-order valence-electron chi connectivity index (χ0n) is 11.3. The molecule has 0 aliphatic heterocycles. The molecule has 0 heterocycles. The van der Waals surface area contributed by atoms with Crippen molar-refractivity contribution in [3.63, 3.8) is 0 Å². The summed E-state index contributed by atoms with van der Waals surface area (Å²) < 4.78 is 5.86. The Bertz CT molecular complexity index is 461. The SMILES string of the molecule is CCN(CC)C(=O)N(S)c1ccccc1C(=O)OC. The van der Waals surface area contributed by atoms with Crippen molar-refractivity contribution in [2.45, 2.75) is 13.8 Å². The summed E-state index contributed by atoms with van der Waals surface area (Å²) in [6.45, 7) is 4.92. The number of esters is 1. The van der Waals surface area contributed by atoms with E-state index in [9.17, 15) is 9.59 Å². The van der Waals surface area contributed by atoms with Crippen LogP contribution in [-0.4, -0.2) is 37.1 Å². The van der Waals surface area contributed by atoms with Gasteiger partial charge < -0.3 is 9.64 Å². The Kier molecular flexibility index (Phi) is 5.69. The fourth-order valence-electron chi connectivity index (χ4n) is 1.67. The van der Waals surface area contributed by atoms with Crippen LogP contribution in [0.5, 0.6) is 0 Å². The van der Waals surface area contributed by atoms with Gasteiger partial charge in [-0.1, -0.05) is 24.9 Å². The molecule has 104 valence electrons. The van der Waals surface area contributed by atoms with Crippen LogP contribution in [0.4, 0.5) is 10.5 Å². The molecular formula is C13H18N2O3S. The number of carbonyl (C=O) groups is 2. The van der Waals surface area contributed by atoms with Crippen LogP contribution in [0.15, 0.2) is 24.3 Å². The maximum absolute atomic E-state index is 12.2. The monoisotopic (exact) mass is 282 g/mol. The fraction of sp³-hybridized carbons (Fsp3) is 0.385. The Morgan fingerprint density at radius 2 is 1.79 bits per heavy atom. The molecule has 0 aromatic heterocycles. The fourth-order valence-corrected chi connectivity index (χ4v) is 1.97. The van der Waals surface area contributed by atoms with Crippen molar-refractivity contribution in [1.82, 2.24) is 4.90 Å². The van der Waals surface area contributed by atoms with Gasteiger partial charge in [-0.25, -0.2) is 13.9 Å². The van der Waals surface area contributed by atoms with E-state index in [0.717, 1.165) is 0 Å². The summed E-state index contributed by atoms with van der Waals surface area (Å²) in [5, 5.41) is 0. The molecule has 0 atom stereocenters.